The molecule has 0 spiro atoms. The van der Waals surface area contributed by atoms with Crippen molar-refractivity contribution in [1.29, 1.82) is 0 Å². The summed E-state index contributed by atoms with van der Waals surface area (Å²) in [5.74, 6) is 1.74. The Balaban J connectivity index is 1.34. The maximum atomic E-state index is 13.3. The molecule has 32 heavy (non-hydrogen) atoms. The lowest BCUT2D eigenvalue weighted by Crippen LogP contribution is -2.50. The van der Waals surface area contributed by atoms with Crippen molar-refractivity contribution in [3.8, 4) is 5.75 Å². The molecule has 1 saturated heterocycles. The van der Waals surface area contributed by atoms with Gasteiger partial charge in [0.05, 0.1) is 6.54 Å². The fraction of sp³-hybridized carbons (Fsp3) is 0.615. The summed E-state index contributed by atoms with van der Waals surface area (Å²) in [6.07, 6.45) is 11.5. The normalized spacial score (nSPS) is 28.2. The summed E-state index contributed by atoms with van der Waals surface area (Å²) in [5, 5.41) is 3.13. The second-order valence-corrected chi connectivity index (χ2v) is 9.93. The lowest BCUT2D eigenvalue weighted by atomic mass is 9.82. The SMILES string of the molecule is O=C(C[C@@H]1CCN2C[C@@H]1/C=C/COc1ccccc1CN(C1CCC1)CC2=O)NC1CC1. The van der Waals surface area contributed by atoms with Gasteiger partial charge in [-0.3, -0.25) is 14.5 Å². The average molecular weight is 438 g/mol. The third kappa shape index (κ3) is 5.17. The smallest absolute Gasteiger partial charge is 0.236 e. The highest BCUT2D eigenvalue weighted by atomic mass is 16.5. The predicted molar refractivity (Wildman–Crippen MR) is 123 cm³/mol. The number of hydrogen-bond donors (Lipinski definition) is 1. The lowest BCUT2D eigenvalue weighted by molar-refractivity contribution is -0.136. The Morgan fingerprint density at radius 1 is 1.09 bits per heavy atom. The number of benzene rings is 1. The molecule has 6 nitrogen and oxygen atoms in total. The molecule has 6 heteroatoms. The fourth-order valence-electron chi connectivity index (χ4n) is 5.18. The molecular weight excluding hydrogens is 402 g/mol. The standard InChI is InChI=1S/C26H35N3O3/c30-25(27-22-10-11-22)15-19-12-13-28-16-20(19)6-4-14-32-24-9-2-1-5-21(24)17-29(18-26(28)31)23-7-3-8-23/h1-2,4-6,9,19-20,22-23H,3,7-8,10-18H2,(H,27,30)/b6-4+/t19-,20-/m0/s1. The van der Waals surface area contributed by atoms with E-state index in [1.54, 1.807) is 0 Å². The van der Waals surface area contributed by atoms with Gasteiger partial charge in [0.15, 0.2) is 0 Å². The van der Waals surface area contributed by atoms with Crippen molar-refractivity contribution in [1.82, 2.24) is 15.1 Å². The molecule has 1 aromatic rings. The summed E-state index contributed by atoms with van der Waals surface area (Å²) in [6, 6.07) is 9.07. The Kier molecular flexibility index (Phi) is 6.49. The molecule has 3 fully saturated rings. The van der Waals surface area contributed by atoms with Gasteiger partial charge in [-0.2, -0.15) is 0 Å². The van der Waals surface area contributed by atoms with Crippen LogP contribution < -0.4 is 10.1 Å². The van der Waals surface area contributed by atoms with Crippen LogP contribution in [0.5, 0.6) is 5.75 Å². The molecular formula is C26H35N3O3. The van der Waals surface area contributed by atoms with Gasteiger partial charge in [0.2, 0.25) is 11.8 Å². The third-order valence-electron chi connectivity index (χ3n) is 7.54. The Hall–Kier alpha value is -2.34. The van der Waals surface area contributed by atoms with Gasteiger partial charge >= 0.3 is 0 Å². The van der Waals surface area contributed by atoms with E-state index in [1.807, 2.05) is 23.1 Å². The van der Waals surface area contributed by atoms with Crippen LogP contribution in [0.3, 0.4) is 0 Å². The van der Waals surface area contributed by atoms with Gasteiger partial charge in [-0.15, -0.1) is 0 Å². The highest BCUT2D eigenvalue weighted by Gasteiger charge is 2.34. The van der Waals surface area contributed by atoms with Crippen LogP contribution in [0.1, 0.15) is 50.5 Å². The van der Waals surface area contributed by atoms with Crippen molar-refractivity contribution in [2.45, 2.75) is 63.6 Å². The molecule has 4 aliphatic rings. The zero-order valence-corrected chi connectivity index (χ0v) is 18.9. The Morgan fingerprint density at radius 3 is 2.72 bits per heavy atom. The minimum Gasteiger partial charge on any atom is -0.489 e. The predicted octanol–water partition coefficient (Wildman–Crippen LogP) is 3.12. The van der Waals surface area contributed by atoms with Crippen molar-refractivity contribution >= 4 is 11.8 Å². The molecule has 172 valence electrons. The van der Waals surface area contributed by atoms with Crippen molar-refractivity contribution in [2.75, 3.05) is 26.2 Å². The topological polar surface area (TPSA) is 61.9 Å². The van der Waals surface area contributed by atoms with E-state index in [-0.39, 0.29) is 23.7 Å². The molecule has 2 saturated carbocycles. The second-order valence-electron chi connectivity index (χ2n) is 9.93. The molecule has 2 heterocycles. The van der Waals surface area contributed by atoms with Crippen LogP contribution in [-0.4, -0.2) is 59.9 Å². The number of nitrogens with zero attached hydrogens (tertiary/aromatic N) is 2. The molecule has 2 bridgehead atoms. The van der Waals surface area contributed by atoms with Crippen LogP contribution in [0.2, 0.25) is 0 Å². The van der Waals surface area contributed by atoms with Crippen LogP contribution in [-0.2, 0) is 16.1 Å². The number of hydrogen-bond acceptors (Lipinski definition) is 4. The molecule has 0 radical (unpaired) electrons. The van der Waals surface area contributed by atoms with E-state index in [0.29, 0.717) is 38.2 Å². The minimum atomic E-state index is 0.162. The number of carbonyl (C=O) groups is 2. The van der Waals surface area contributed by atoms with E-state index < -0.39 is 0 Å². The lowest BCUT2D eigenvalue weighted by Gasteiger charge is -2.41. The first-order valence-electron chi connectivity index (χ1n) is 12.3. The van der Waals surface area contributed by atoms with Gasteiger partial charge < -0.3 is 15.0 Å². The maximum absolute atomic E-state index is 13.3. The maximum Gasteiger partial charge on any atom is 0.236 e. The van der Waals surface area contributed by atoms with Crippen molar-refractivity contribution in [2.24, 2.45) is 11.8 Å². The van der Waals surface area contributed by atoms with Crippen LogP contribution >= 0.6 is 0 Å². The summed E-state index contributed by atoms with van der Waals surface area (Å²) in [5.41, 5.74) is 1.15. The Morgan fingerprint density at radius 2 is 1.94 bits per heavy atom. The molecule has 2 aliphatic carbocycles. The average Bonchev–Trinajstić information content (AvgIpc) is 3.55. The zero-order chi connectivity index (χ0) is 21.9. The first-order chi connectivity index (χ1) is 15.7. The number of rotatable bonds is 4. The molecule has 0 unspecified atom stereocenters. The first-order valence-corrected chi connectivity index (χ1v) is 12.3. The van der Waals surface area contributed by atoms with Gasteiger partial charge in [-0.05, 0) is 50.0 Å². The van der Waals surface area contributed by atoms with Gasteiger partial charge in [0.25, 0.3) is 0 Å². The highest BCUT2D eigenvalue weighted by Crippen LogP contribution is 2.32. The summed E-state index contributed by atoms with van der Waals surface area (Å²) in [4.78, 5) is 30.2. The van der Waals surface area contributed by atoms with Gasteiger partial charge in [-0.1, -0.05) is 36.8 Å². The van der Waals surface area contributed by atoms with E-state index in [1.165, 1.54) is 19.3 Å². The number of nitrogens with one attached hydrogen (secondary N) is 1. The second kappa shape index (κ2) is 9.65. The van der Waals surface area contributed by atoms with Crippen molar-refractivity contribution in [3.05, 3.63) is 42.0 Å². The Labute approximate surface area is 191 Å². The number of fused-ring (bicyclic) bond motifs is 3. The summed E-state index contributed by atoms with van der Waals surface area (Å²) < 4.78 is 6.13. The number of amides is 2. The van der Waals surface area contributed by atoms with Gasteiger partial charge in [0, 0.05) is 43.7 Å². The van der Waals surface area contributed by atoms with E-state index >= 15 is 0 Å². The molecule has 2 aliphatic heterocycles. The number of piperidine rings is 1. The summed E-state index contributed by atoms with van der Waals surface area (Å²) in [6.45, 7) is 3.16. The quantitative estimate of drug-likeness (QED) is 0.736. The highest BCUT2D eigenvalue weighted by molar-refractivity contribution is 5.79. The van der Waals surface area contributed by atoms with Crippen LogP contribution in [0.4, 0.5) is 0 Å². The minimum absolute atomic E-state index is 0.162. The monoisotopic (exact) mass is 437 g/mol. The Bertz CT molecular complexity index is 862. The molecule has 1 N–H and O–H groups in total. The van der Waals surface area contributed by atoms with Crippen LogP contribution in [0.25, 0.3) is 0 Å². The number of para-hydroxylation sites is 1. The fourth-order valence-corrected chi connectivity index (χ4v) is 5.18. The third-order valence-corrected chi connectivity index (χ3v) is 7.54. The van der Waals surface area contributed by atoms with E-state index in [4.69, 9.17) is 4.74 Å². The van der Waals surface area contributed by atoms with Crippen LogP contribution in [0, 0.1) is 11.8 Å². The van der Waals surface area contributed by atoms with Crippen molar-refractivity contribution < 1.29 is 14.3 Å². The van der Waals surface area contributed by atoms with Crippen LogP contribution in [0.15, 0.2) is 36.4 Å². The van der Waals surface area contributed by atoms with E-state index in [0.717, 1.165) is 43.7 Å². The first kappa shape index (κ1) is 21.5. The molecule has 0 aromatic heterocycles. The number of carbonyl (C=O) groups excluding carboxylic acids is 2. The zero-order valence-electron chi connectivity index (χ0n) is 18.9. The summed E-state index contributed by atoms with van der Waals surface area (Å²) >= 11 is 0. The summed E-state index contributed by atoms with van der Waals surface area (Å²) in [7, 11) is 0. The molecule has 2 amide bonds. The van der Waals surface area contributed by atoms with E-state index in [9.17, 15) is 9.59 Å². The molecule has 1 aromatic carbocycles. The van der Waals surface area contributed by atoms with E-state index in [2.05, 4.69) is 28.4 Å². The largest absolute Gasteiger partial charge is 0.489 e. The molecule has 5 rings (SSSR count). The van der Waals surface area contributed by atoms with Crippen molar-refractivity contribution in [3.63, 3.8) is 0 Å². The van der Waals surface area contributed by atoms with Gasteiger partial charge in [-0.25, -0.2) is 0 Å². The number of ether oxygens (including phenoxy) is 1. The van der Waals surface area contributed by atoms with Gasteiger partial charge in [0.1, 0.15) is 12.4 Å². The molecule has 2 atom stereocenters.